The van der Waals surface area contributed by atoms with Gasteiger partial charge in [0, 0.05) is 24.0 Å². The second kappa shape index (κ2) is 14.2. The quantitative estimate of drug-likeness (QED) is 0.311. The molecular formula is C27H45NO9. The zero-order chi connectivity index (χ0) is 29.3. The number of carbonyl (C=O) groups is 4. The van der Waals surface area contributed by atoms with Crippen LogP contribution in [0.3, 0.4) is 0 Å². The van der Waals surface area contributed by atoms with Gasteiger partial charge in [-0.1, -0.05) is 13.0 Å². The van der Waals surface area contributed by atoms with Crippen LogP contribution in [0.5, 0.6) is 0 Å². The van der Waals surface area contributed by atoms with Crippen molar-refractivity contribution in [3.8, 4) is 0 Å². The summed E-state index contributed by atoms with van der Waals surface area (Å²) in [6, 6.07) is -0.399. The number of hydrogen-bond acceptors (Lipinski definition) is 8. The number of hydrogen-bond donors (Lipinski definition) is 1. The van der Waals surface area contributed by atoms with Gasteiger partial charge in [0.1, 0.15) is 17.4 Å². The summed E-state index contributed by atoms with van der Waals surface area (Å²) >= 11 is 0. The highest BCUT2D eigenvalue weighted by atomic mass is 16.6. The third kappa shape index (κ3) is 11.8. The van der Waals surface area contributed by atoms with E-state index in [4.69, 9.17) is 28.8 Å². The lowest BCUT2D eigenvalue weighted by atomic mass is 10.0. The van der Waals surface area contributed by atoms with Crippen molar-refractivity contribution >= 4 is 24.0 Å². The highest BCUT2D eigenvalue weighted by Gasteiger charge is 2.49. The van der Waals surface area contributed by atoms with Gasteiger partial charge in [0.25, 0.3) is 5.97 Å². The summed E-state index contributed by atoms with van der Waals surface area (Å²) in [5.41, 5.74) is -0.259. The predicted octanol–water partition coefficient (Wildman–Crippen LogP) is 4.86. The van der Waals surface area contributed by atoms with Gasteiger partial charge >= 0.3 is 18.0 Å². The summed E-state index contributed by atoms with van der Waals surface area (Å²) in [4.78, 5) is 45.8. The molecule has 0 spiro atoms. The first-order valence-electron chi connectivity index (χ1n) is 12.4. The summed E-state index contributed by atoms with van der Waals surface area (Å²) in [6.45, 7) is 21.5. The molecule has 4 atom stereocenters. The van der Waals surface area contributed by atoms with Crippen molar-refractivity contribution in [1.29, 1.82) is 0 Å². The van der Waals surface area contributed by atoms with E-state index in [1.807, 2.05) is 47.6 Å². The fourth-order valence-electron chi connectivity index (χ4n) is 3.55. The van der Waals surface area contributed by atoms with Crippen molar-refractivity contribution in [1.82, 2.24) is 4.90 Å². The van der Waals surface area contributed by atoms with E-state index in [0.717, 1.165) is 12.5 Å². The van der Waals surface area contributed by atoms with Crippen LogP contribution in [0.15, 0.2) is 23.3 Å². The molecule has 1 fully saturated rings. The van der Waals surface area contributed by atoms with Gasteiger partial charge in [-0.3, -0.25) is 9.69 Å². The lowest BCUT2D eigenvalue weighted by Gasteiger charge is -2.34. The molecule has 2 aliphatic rings. The van der Waals surface area contributed by atoms with Gasteiger partial charge in [0.2, 0.25) is 0 Å². The Morgan fingerprint density at radius 1 is 1.14 bits per heavy atom. The van der Waals surface area contributed by atoms with Crippen LogP contribution in [0.25, 0.3) is 0 Å². The van der Waals surface area contributed by atoms with E-state index in [1.54, 1.807) is 40.7 Å². The van der Waals surface area contributed by atoms with Gasteiger partial charge in [-0.05, 0) is 75.3 Å². The Morgan fingerprint density at radius 2 is 1.65 bits per heavy atom. The molecule has 2 rings (SSSR count). The predicted molar refractivity (Wildman–Crippen MR) is 139 cm³/mol. The number of rotatable bonds is 3. The number of carboxylic acid groups (broad SMARTS) is 1. The van der Waals surface area contributed by atoms with E-state index < -0.39 is 35.4 Å². The Kier molecular flexibility index (Phi) is 13.1. The second-order valence-corrected chi connectivity index (χ2v) is 10.5. The van der Waals surface area contributed by atoms with Gasteiger partial charge in [0.15, 0.2) is 0 Å². The Bertz CT molecular complexity index is 879. The molecule has 0 saturated carbocycles. The van der Waals surface area contributed by atoms with Crippen LogP contribution < -0.4 is 0 Å². The fourth-order valence-corrected chi connectivity index (χ4v) is 3.55. The van der Waals surface area contributed by atoms with Crippen LogP contribution >= 0.6 is 0 Å². The smallest absolute Gasteiger partial charge is 0.413 e. The third-order valence-electron chi connectivity index (χ3n) is 5.31. The molecule has 10 nitrogen and oxygen atoms in total. The van der Waals surface area contributed by atoms with Gasteiger partial charge in [-0.15, -0.1) is 0 Å². The van der Waals surface area contributed by atoms with E-state index in [9.17, 15) is 14.4 Å². The monoisotopic (exact) mass is 527 g/mol. The molecule has 2 aliphatic heterocycles. The van der Waals surface area contributed by atoms with Gasteiger partial charge in [-0.2, -0.15) is 0 Å². The van der Waals surface area contributed by atoms with E-state index in [2.05, 4.69) is 0 Å². The normalized spacial score (nSPS) is 24.9. The maximum absolute atomic E-state index is 12.6. The van der Waals surface area contributed by atoms with Crippen LogP contribution in [-0.2, 0) is 33.3 Å². The Labute approximate surface area is 221 Å². The summed E-state index contributed by atoms with van der Waals surface area (Å²) in [7, 11) is 0. The van der Waals surface area contributed by atoms with Gasteiger partial charge in [0.05, 0.1) is 18.8 Å². The fraction of sp³-hybridized carbons (Fsp3) is 0.704. The summed E-state index contributed by atoms with van der Waals surface area (Å²) in [5, 5.41) is 7.42. The molecule has 1 saturated heterocycles. The Balaban J connectivity index is 0.000000757. The van der Waals surface area contributed by atoms with E-state index in [1.165, 1.54) is 4.90 Å². The molecule has 0 radical (unpaired) electrons. The number of ether oxygens (including phenoxy) is 4. The SMILES string of the molecule is CC(=O)O.CC1=C[C@@H](C)[C@@H](C)OC1=O.CCOC(=O)/C(C)=C\C1[C@@H](C)OC(C)(C)N1C(=O)OC(C)(C)C. The highest BCUT2D eigenvalue weighted by molar-refractivity contribution is 5.88. The standard InChI is InChI=1S/C17H29NO5.C8H12O2.C2H4O2/c1-9-21-14(19)11(2)10-13-12(3)22-17(7,8)18(13)15(20)23-16(4,5)6;1-5-4-6(2)8(9)10-7(5)3;1-2(3)4/h10,12-13H,9H2,1-8H3;4-5,7H,1-3H3;1H3,(H,3,4)/b11-10-;;/t12-,13?;5-,7-;/m11./s1. The molecule has 0 aromatic carbocycles. The first-order chi connectivity index (χ1) is 16.7. The van der Waals surface area contributed by atoms with Crippen LogP contribution in [0.2, 0.25) is 0 Å². The molecule has 212 valence electrons. The lowest BCUT2D eigenvalue weighted by Crippen LogP contribution is -2.49. The molecule has 0 aromatic heterocycles. The van der Waals surface area contributed by atoms with Gasteiger partial charge < -0.3 is 24.1 Å². The lowest BCUT2D eigenvalue weighted by molar-refractivity contribution is -0.146. The molecule has 10 heteroatoms. The average molecular weight is 528 g/mol. The summed E-state index contributed by atoms with van der Waals surface area (Å²) in [6.07, 6.45) is 2.97. The molecule has 1 N–H and O–H groups in total. The molecule has 1 amide bonds. The van der Waals surface area contributed by atoms with E-state index in [0.29, 0.717) is 18.1 Å². The number of aliphatic carboxylic acids is 1. The largest absolute Gasteiger partial charge is 0.481 e. The highest BCUT2D eigenvalue weighted by Crippen LogP contribution is 2.34. The van der Waals surface area contributed by atoms with Gasteiger partial charge in [-0.25, -0.2) is 14.4 Å². The Morgan fingerprint density at radius 3 is 2.08 bits per heavy atom. The summed E-state index contributed by atoms with van der Waals surface area (Å²) < 4.78 is 21.4. The van der Waals surface area contributed by atoms with Crippen molar-refractivity contribution in [2.45, 2.75) is 113 Å². The molecule has 0 aromatic rings. The number of esters is 2. The van der Waals surface area contributed by atoms with E-state index >= 15 is 0 Å². The number of carboxylic acids is 1. The van der Waals surface area contributed by atoms with Crippen molar-refractivity contribution in [3.63, 3.8) is 0 Å². The van der Waals surface area contributed by atoms with Crippen LogP contribution in [0, 0.1) is 5.92 Å². The van der Waals surface area contributed by atoms with Crippen LogP contribution in [-0.4, -0.2) is 70.2 Å². The molecule has 1 unspecified atom stereocenters. The first-order valence-corrected chi connectivity index (χ1v) is 12.4. The molecular weight excluding hydrogens is 482 g/mol. The minimum absolute atomic E-state index is 0.0381. The molecule has 37 heavy (non-hydrogen) atoms. The Hall–Kier alpha value is -2.88. The number of nitrogens with zero attached hydrogens (tertiary/aromatic N) is 1. The second-order valence-electron chi connectivity index (χ2n) is 10.5. The van der Waals surface area contributed by atoms with Crippen molar-refractivity contribution in [2.24, 2.45) is 5.92 Å². The third-order valence-corrected chi connectivity index (χ3v) is 5.31. The molecule has 0 aliphatic carbocycles. The molecule has 2 heterocycles. The first kappa shape index (κ1) is 34.1. The topological polar surface area (TPSA) is 129 Å². The minimum atomic E-state index is -0.833. The zero-order valence-electron chi connectivity index (χ0n) is 24.3. The van der Waals surface area contributed by atoms with Crippen molar-refractivity contribution < 1.29 is 43.2 Å². The van der Waals surface area contributed by atoms with E-state index in [-0.39, 0.29) is 18.2 Å². The van der Waals surface area contributed by atoms with Crippen molar-refractivity contribution in [3.05, 3.63) is 23.3 Å². The minimum Gasteiger partial charge on any atom is -0.481 e. The maximum Gasteiger partial charge on any atom is 0.413 e. The summed E-state index contributed by atoms with van der Waals surface area (Å²) in [5.74, 6) is -1.04. The van der Waals surface area contributed by atoms with Crippen LogP contribution in [0.4, 0.5) is 4.79 Å². The van der Waals surface area contributed by atoms with Crippen molar-refractivity contribution in [2.75, 3.05) is 6.61 Å². The average Bonchev–Trinajstić information content (AvgIpc) is 2.93. The number of cyclic esters (lactones) is 1. The number of amides is 1. The zero-order valence-corrected chi connectivity index (χ0v) is 24.3. The van der Waals surface area contributed by atoms with Crippen LogP contribution in [0.1, 0.15) is 83.1 Å². The molecule has 0 bridgehead atoms. The maximum atomic E-state index is 12.6. The number of carbonyl (C=O) groups excluding carboxylic acids is 3.